The minimum absolute atomic E-state index is 0.472. The Bertz CT molecular complexity index is 365. The molecular weight excluding hydrogens is 232 g/mol. The van der Waals surface area contributed by atoms with E-state index in [-0.39, 0.29) is 0 Å². The first-order valence-corrected chi connectivity index (χ1v) is 7.74. The van der Waals surface area contributed by atoms with Gasteiger partial charge in [0, 0.05) is 6.04 Å². The molecule has 2 heteroatoms. The maximum absolute atomic E-state index is 5.79. The second-order valence-corrected chi connectivity index (χ2v) is 6.10. The molecular formula is C17H28N2. The molecule has 1 unspecified atom stereocenters. The van der Waals surface area contributed by atoms with Gasteiger partial charge in [-0.1, -0.05) is 38.1 Å². The zero-order valence-electron chi connectivity index (χ0n) is 12.4. The van der Waals surface area contributed by atoms with Gasteiger partial charge in [0.25, 0.3) is 0 Å². The first kappa shape index (κ1) is 14.5. The molecule has 3 N–H and O–H groups in total. The van der Waals surface area contributed by atoms with Gasteiger partial charge in [0.15, 0.2) is 0 Å². The molecule has 1 atom stereocenters. The lowest BCUT2D eigenvalue weighted by Gasteiger charge is -2.32. The van der Waals surface area contributed by atoms with E-state index in [1.165, 1.54) is 30.4 Å². The van der Waals surface area contributed by atoms with Gasteiger partial charge >= 0.3 is 0 Å². The third kappa shape index (κ3) is 4.32. The van der Waals surface area contributed by atoms with Crippen LogP contribution in [0, 0.1) is 5.92 Å². The molecule has 0 heterocycles. The molecule has 2 rings (SSSR count). The summed E-state index contributed by atoms with van der Waals surface area (Å²) in [5.41, 5.74) is 8.68. The van der Waals surface area contributed by atoms with Crippen molar-refractivity contribution >= 4 is 0 Å². The Morgan fingerprint density at radius 2 is 1.95 bits per heavy atom. The van der Waals surface area contributed by atoms with Gasteiger partial charge in [-0.05, 0) is 61.7 Å². The molecule has 0 saturated heterocycles. The Hall–Kier alpha value is -0.860. The van der Waals surface area contributed by atoms with Crippen LogP contribution >= 0.6 is 0 Å². The van der Waals surface area contributed by atoms with Crippen molar-refractivity contribution < 1.29 is 0 Å². The Labute approximate surface area is 117 Å². The lowest BCUT2D eigenvalue weighted by atomic mass is 9.81. The van der Waals surface area contributed by atoms with Crippen LogP contribution in [-0.4, -0.2) is 19.1 Å². The molecule has 106 valence electrons. The molecule has 1 aromatic carbocycles. The quantitative estimate of drug-likeness (QED) is 0.739. The van der Waals surface area contributed by atoms with Crippen LogP contribution in [0.3, 0.4) is 0 Å². The number of hydrogen-bond acceptors (Lipinski definition) is 2. The summed E-state index contributed by atoms with van der Waals surface area (Å²) in [4.78, 5) is 0. The summed E-state index contributed by atoms with van der Waals surface area (Å²) in [6.07, 6.45) is 4.75. The monoisotopic (exact) mass is 260 g/mol. The first-order chi connectivity index (χ1) is 9.19. The summed E-state index contributed by atoms with van der Waals surface area (Å²) in [5, 5.41) is 3.55. The average molecular weight is 260 g/mol. The molecule has 1 fully saturated rings. The Morgan fingerprint density at radius 1 is 1.26 bits per heavy atom. The van der Waals surface area contributed by atoms with Crippen molar-refractivity contribution in [3.63, 3.8) is 0 Å². The number of hydrogen-bond donors (Lipinski definition) is 2. The van der Waals surface area contributed by atoms with Crippen molar-refractivity contribution in [1.29, 1.82) is 0 Å². The van der Waals surface area contributed by atoms with E-state index in [2.05, 4.69) is 43.4 Å². The molecule has 0 radical (unpaired) electrons. The second kappa shape index (κ2) is 7.06. The molecule has 1 aromatic rings. The van der Waals surface area contributed by atoms with Crippen LogP contribution in [0.1, 0.15) is 50.2 Å². The molecule has 19 heavy (non-hydrogen) atoms. The van der Waals surface area contributed by atoms with Crippen LogP contribution in [0.25, 0.3) is 0 Å². The van der Waals surface area contributed by atoms with Gasteiger partial charge in [0.2, 0.25) is 0 Å². The first-order valence-electron chi connectivity index (χ1n) is 7.74. The lowest BCUT2D eigenvalue weighted by molar-refractivity contribution is 0.257. The minimum atomic E-state index is 0.472. The Balaban J connectivity index is 1.65. The van der Waals surface area contributed by atoms with Crippen molar-refractivity contribution in [1.82, 2.24) is 5.32 Å². The highest BCUT2D eigenvalue weighted by atomic mass is 14.9. The molecule has 1 saturated carbocycles. The number of nitrogens with one attached hydrogen (secondary N) is 1. The van der Waals surface area contributed by atoms with Gasteiger partial charge in [0.1, 0.15) is 0 Å². The van der Waals surface area contributed by atoms with Crippen LogP contribution in [0.15, 0.2) is 24.3 Å². The largest absolute Gasteiger partial charge is 0.328 e. The summed E-state index contributed by atoms with van der Waals surface area (Å²) >= 11 is 0. The van der Waals surface area contributed by atoms with Crippen LogP contribution in [0.5, 0.6) is 0 Å². The topological polar surface area (TPSA) is 38.0 Å². The van der Waals surface area contributed by atoms with E-state index in [1.54, 1.807) is 0 Å². The Morgan fingerprint density at radius 3 is 2.53 bits per heavy atom. The van der Waals surface area contributed by atoms with E-state index < -0.39 is 0 Å². The van der Waals surface area contributed by atoms with Gasteiger partial charge in [-0.25, -0.2) is 0 Å². The van der Waals surface area contributed by atoms with Crippen LogP contribution in [-0.2, 0) is 6.42 Å². The summed E-state index contributed by atoms with van der Waals surface area (Å²) < 4.78 is 0. The summed E-state index contributed by atoms with van der Waals surface area (Å²) in [6, 6.07) is 9.60. The molecule has 2 nitrogen and oxygen atoms in total. The van der Waals surface area contributed by atoms with Gasteiger partial charge < -0.3 is 11.1 Å². The Kier molecular flexibility index (Phi) is 5.41. The highest BCUT2D eigenvalue weighted by Gasteiger charge is 2.24. The fourth-order valence-electron chi connectivity index (χ4n) is 2.74. The fourth-order valence-corrected chi connectivity index (χ4v) is 2.74. The van der Waals surface area contributed by atoms with Crippen LogP contribution < -0.4 is 11.1 Å². The summed E-state index contributed by atoms with van der Waals surface area (Å²) in [6.45, 7) is 6.75. The van der Waals surface area contributed by atoms with Gasteiger partial charge in [-0.3, -0.25) is 0 Å². The zero-order chi connectivity index (χ0) is 13.7. The molecule has 1 aliphatic carbocycles. The van der Waals surface area contributed by atoms with Crippen LogP contribution in [0.4, 0.5) is 0 Å². The third-order valence-electron chi connectivity index (χ3n) is 4.46. The minimum Gasteiger partial charge on any atom is -0.328 e. The molecule has 0 aromatic heterocycles. The van der Waals surface area contributed by atoms with Crippen molar-refractivity contribution in [2.45, 2.75) is 51.5 Å². The standard InChI is InChI=1S/C17H28N2/c1-3-13(2)16-6-4-14(5-7-16)8-9-19-12-15-10-17(18)11-15/h4-7,13,15,17,19H,3,8-12,18H2,1-2H3. The van der Waals surface area contributed by atoms with E-state index in [4.69, 9.17) is 5.73 Å². The van der Waals surface area contributed by atoms with Gasteiger partial charge in [0.05, 0.1) is 0 Å². The van der Waals surface area contributed by atoms with Crippen molar-refractivity contribution in [3.8, 4) is 0 Å². The lowest BCUT2D eigenvalue weighted by Crippen LogP contribution is -2.41. The smallest absolute Gasteiger partial charge is 0.00450 e. The maximum atomic E-state index is 5.79. The SMILES string of the molecule is CCC(C)c1ccc(CCNCC2CC(N)C2)cc1. The van der Waals surface area contributed by atoms with E-state index in [1.807, 2.05) is 0 Å². The highest BCUT2D eigenvalue weighted by Crippen LogP contribution is 2.24. The van der Waals surface area contributed by atoms with Crippen molar-refractivity contribution in [3.05, 3.63) is 35.4 Å². The zero-order valence-corrected chi connectivity index (χ0v) is 12.4. The number of benzene rings is 1. The third-order valence-corrected chi connectivity index (χ3v) is 4.46. The van der Waals surface area contributed by atoms with E-state index >= 15 is 0 Å². The van der Waals surface area contributed by atoms with Gasteiger partial charge in [-0.2, -0.15) is 0 Å². The number of nitrogens with two attached hydrogens (primary N) is 1. The fraction of sp³-hybridized carbons (Fsp3) is 0.647. The summed E-state index contributed by atoms with van der Waals surface area (Å²) in [7, 11) is 0. The maximum Gasteiger partial charge on any atom is 0.00450 e. The second-order valence-electron chi connectivity index (χ2n) is 6.10. The van der Waals surface area contributed by atoms with E-state index in [0.29, 0.717) is 12.0 Å². The van der Waals surface area contributed by atoms with Crippen molar-refractivity contribution in [2.75, 3.05) is 13.1 Å². The molecule has 1 aliphatic rings. The molecule has 0 amide bonds. The van der Waals surface area contributed by atoms with Crippen molar-refractivity contribution in [2.24, 2.45) is 11.7 Å². The highest BCUT2D eigenvalue weighted by molar-refractivity contribution is 5.25. The molecule has 0 bridgehead atoms. The molecule has 0 aliphatic heterocycles. The van der Waals surface area contributed by atoms with E-state index in [0.717, 1.165) is 25.4 Å². The molecule has 0 spiro atoms. The van der Waals surface area contributed by atoms with Crippen LogP contribution in [0.2, 0.25) is 0 Å². The van der Waals surface area contributed by atoms with Gasteiger partial charge in [-0.15, -0.1) is 0 Å². The summed E-state index contributed by atoms with van der Waals surface area (Å²) in [5.74, 6) is 1.50. The predicted molar refractivity (Wildman–Crippen MR) is 82.4 cm³/mol. The predicted octanol–water partition coefficient (Wildman–Crippen LogP) is 3.07. The number of rotatable bonds is 7. The van der Waals surface area contributed by atoms with E-state index in [9.17, 15) is 0 Å². The normalized spacial score (nSPS) is 23.9. The average Bonchev–Trinajstić information content (AvgIpc) is 2.41.